The van der Waals surface area contributed by atoms with Crippen LogP contribution in [0.4, 0.5) is 0 Å². The van der Waals surface area contributed by atoms with Crippen LogP contribution in [0.15, 0.2) is 18.6 Å². The topological polar surface area (TPSA) is 47.7 Å². The van der Waals surface area contributed by atoms with E-state index in [2.05, 4.69) is 42.5 Å². The van der Waals surface area contributed by atoms with Crippen LogP contribution < -0.4 is 5.32 Å². The largest absolute Gasteiger partial charge is 0.307 e. The normalized spacial score (nSPS) is 11.4. The first-order valence-corrected chi connectivity index (χ1v) is 6.75. The molecule has 0 amide bonds. The van der Waals surface area contributed by atoms with Gasteiger partial charge in [0.2, 0.25) is 0 Å². The first kappa shape index (κ1) is 13.8. The summed E-state index contributed by atoms with van der Waals surface area (Å²) in [5.41, 5.74) is 3.68. The standard InChI is InChI=1S/C14H23N5/c1-11(2)9-19-10-13(7-17-19)6-15-8-14-12(3)5-16-18(14)4/h5,7,10-11,15H,6,8-9H2,1-4H3. The van der Waals surface area contributed by atoms with Gasteiger partial charge in [-0.3, -0.25) is 9.36 Å². The Labute approximate surface area is 114 Å². The van der Waals surface area contributed by atoms with E-state index in [9.17, 15) is 0 Å². The Morgan fingerprint density at radius 3 is 2.63 bits per heavy atom. The average Bonchev–Trinajstić information content (AvgIpc) is 2.89. The molecule has 5 heteroatoms. The summed E-state index contributed by atoms with van der Waals surface area (Å²) >= 11 is 0. The summed E-state index contributed by atoms with van der Waals surface area (Å²) in [5.74, 6) is 0.623. The molecule has 2 rings (SSSR count). The molecule has 0 unspecified atom stereocenters. The van der Waals surface area contributed by atoms with Crippen molar-refractivity contribution in [3.63, 3.8) is 0 Å². The van der Waals surface area contributed by atoms with Crippen LogP contribution >= 0.6 is 0 Å². The van der Waals surface area contributed by atoms with Crippen molar-refractivity contribution in [1.29, 1.82) is 0 Å². The number of rotatable bonds is 6. The van der Waals surface area contributed by atoms with Crippen LogP contribution in [0.25, 0.3) is 0 Å². The monoisotopic (exact) mass is 261 g/mol. The highest BCUT2D eigenvalue weighted by atomic mass is 15.3. The molecular formula is C14H23N5. The van der Waals surface area contributed by atoms with Gasteiger partial charge in [-0.25, -0.2) is 0 Å². The minimum atomic E-state index is 0.623. The van der Waals surface area contributed by atoms with Crippen molar-refractivity contribution in [2.45, 2.75) is 40.4 Å². The van der Waals surface area contributed by atoms with Gasteiger partial charge in [0.15, 0.2) is 0 Å². The second kappa shape index (κ2) is 6.02. The molecule has 1 N–H and O–H groups in total. The SMILES string of the molecule is Cc1cnn(C)c1CNCc1cnn(CC(C)C)c1. The third kappa shape index (κ3) is 3.67. The summed E-state index contributed by atoms with van der Waals surface area (Å²) < 4.78 is 3.93. The van der Waals surface area contributed by atoms with Crippen molar-refractivity contribution in [2.24, 2.45) is 13.0 Å². The van der Waals surface area contributed by atoms with E-state index in [1.165, 1.54) is 16.8 Å². The van der Waals surface area contributed by atoms with Crippen LogP contribution in [-0.2, 0) is 26.7 Å². The van der Waals surface area contributed by atoms with E-state index >= 15 is 0 Å². The zero-order chi connectivity index (χ0) is 13.8. The molecule has 0 aliphatic rings. The van der Waals surface area contributed by atoms with E-state index in [0.29, 0.717) is 5.92 Å². The first-order valence-electron chi connectivity index (χ1n) is 6.75. The number of hydrogen-bond donors (Lipinski definition) is 1. The van der Waals surface area contributed by atoms with Gasteiger partial charge in [-0.2, -0.15) is 10.2 Å². The third-order valence-corrected chi connectivity index (χ3v) is 3.13. The quantitative estimate of drug-likeness (QED) is 0.863. The van der Waals surface area contributed by atoms with Gasteiger partial charge in [0.25, 0.3) is 0 Å². The Hall–Kier alpha value is -1.62. The molecule has 104 valence electrons. The molecule has 2 aromatic heterocycles. The highest BCUT2D eigenvalue weighted by Crippen LogP contribution is 2.06. The maximum Gasteiger partial charge on any atom is 0.0547 e. The number of aryl methyl sites for hydroxylation is 2. The van der Waals surface area contributed by atoms with Crippen LogP contribution in [0.3, 0.4) is 0 Å². The zero-order valence-corrected chi connectivity index (χ0v) is 12.2. The van der Waals surface area contributed by atoms with E-state index in [1.807, 2.05) is 28.8 Å². The summed E-state index contributed by atoms with van der Waals surface area (Å²) in [6.45, 7) is 9.13. The molecule has 0 aliphatic carbocycles. The van der Waals surface area contributed by atoms with Gasteiger partial charge >= 0.3 is 0 Å². The van der Waals surface area contributed by atoms with Crippen LogP contribution in [0.1, 0.15) is 30.7 Å². The van der Waals surface area contributed by atoms with Gasteiger partial charge in [-0.1, -0.05) is 13.8 Å². The maximum absolute atomic E-state index is 4.37. The summed E-state index contributed by atoms with van der Waals surface area (Å²) in [7, 11) is 1.98. The molecule has 0 spiro atoms. The smallest absolute Gasteiger partial charge is 0.0547 e. The first-order chi connectivity index (χ1) is 9.06. The van der Waals surface area contributed by atoms with Gasteiger partial charge in [0.1, 0.15) is 0 Å². The summed E-state index contributed by atoms with van der Waals surface area (Å²) in [6, 6.07) is 0. The minimum absolute atomic E-state index is 0.623. The Morgan fingerprint density at radius 1 is 1.21 bits per heavy atom. The Kier molecular flexibility index (Phi) is 4.37. The average molecular weight is 261 g/mol. The van der Waals surface area contributed by atoms with E-state index < -0.39 is 0 Å². The Morgan fingerprint density at radius 2 is 2.00 bits per heavy atom. The van der Waals surface area contributed by atoms with E-state index in [0.717, 1.165) is 19.6 Å². The van der Waals surface area contributed by atoms with Crippen LogP contribution in [0.5, 0.6) is 0 Å². The fraction of sp³-hybridized carbons (Fsp3) is 0.571. The van der Waals surface area contributed by atoms with Gasteiger partial charge in [0.05, 0.1) is 18.1 Å². The second-order valence-corrected chi connectivity index (χ2v) is 5.47. The Balaban J connectivity index is 1.84. The van der Waals surface area contributed by atoms with Gasteiger partial charge < -0.3 is 5.32 Å². The zero-order valence-electron chi connectivity index (χ0n) is 12.2. The molecular weight excluding hydrogens is 238 g/mol. The molecule has 5 nitrogen and oxygen atoms in total. The van der Waals surface area contributed by atoms with E-state index in [1.54, 1.807) is 0 Å². The highest BCUT2D eigenvalue weighted by molar-refractivity contribution is 5.15. The molecule has 0 bridgehead atoms. The maximum atomic E-state index is 4.37. The van der Waals surface area contributed by atoms with Crippen molar-refractivity contribution >= 4 is 0 Å². The summed E-state index contributed by atoms with van der Waals surface area (Å²) in [5, 5.41) is 12.0. The van der Waals surface area contributed by atoms with Crippen molar-refractivity contribution in [3.05, 3.63) is 35.4 Å². The van der Waals surface area contributed by atoms with E-state index in [4.69, 9.17) is 0 Å². The van der Waals surface area contributed by atoms with Crippen molar-refractivity contribution in [1.82, 2.24) is 24.9 Å². The fourth-order valence-corrected chi connectivity index (χ4v) is 2.12. The lowest BCUT2D eigenvalue weighted by molar-refractivity contribution is 0.482. The summed E-state index contributed by atoms with van der Waals surface area (Å²) in [4.78, 5) is 0. The molecule has 0 aromatic carbocycles. The van der Waals surface area contributed by atoms with Crippen LogP contribution in [0, 0.1) is 12.8 Å². The van der Waals surface area contributed by atoms with Crippen LogP contribution in [-0.4, -0.2) is 19.6 Å². The molecule has 2 aromatic rings. The molecule has 0 saturated carbocycles. The predicted molar refractivity (Wildman–Crippen MR) is 75.6 cm³/mol. The number of hydrogen-bond acceptors (Lipinski definition) is 3. The van der Waals surface area contributed by atoms with Crippen molar-refractivity contribution in [3.8, 4) is 0 Å². The van der Waals surface area contributed by atoms with Crippen molar-refractivity contribution in [2.75, 3.05) is 0 Å². The lowest BCUT2D eigenvalue weighted by atomic mass is 10.2. The molecule has 2 heterocycles. The third-order valence-electron chi connectivity index (χ3n) is 3.13. The molecule has 0 radical (unpaired) electrons. The molecule has 0 fully saturated rings. The summed E-state index contributed by atoms with van der Waals surface area (Å²) in [6.07, 6.45) is 5.95. The predicted octanol–water partition coefficient (Wildman–Crippen LogP) is 1.87. The molecule has 0 aliphatic heterocycles. The number of aromatic nitrogens is 4. The molecule has 0 saturated heterocycles. The number of nitrogens with one attached hydrogen (secondary N) is 1. The van der Waals surface area contributed by atoms with Gasteiger partial charge in [-0.15, -0.1) is 0 Å². The van der Waals surface area contributed by atoms with Crippen molar-refractivity contribution < 1.29 is 0 Å². The van der Waals surface area contributed by atoms with Gasteiger partial charge in [-0.05, 0) is 18.4 Å². The fourth-order valence-electron chi connectivity index (χ4n) is 2.12. The Bertz CT molecular complexity index is 504. The highest BCUT2D eigenvalue weighted by Gasteiger charge is 2.05. The lowest BCUT2D eigenvalue weighted by Crippen LogP contribution is -2.15. The number of nitrogens with zero attached hydrogens (tertiary/aromatic N) is 4. The minimum Gasteiger partial charge on any atom is -0.307 e. The molecule has 19 heavy (non-hydrogen) atoms. The molecule has 0 atom stereocenters. The van der Waals surface area contributed by atoms with Crippen LogP contribution in [0.2, 0.25) is 0 Å². The lowest BCUT2D eigenvalue weighted by Gasteiger charge is -2.05. The van der Waals surface area contributed by atoms with Gasteiger partial charge in [0, 0.05) is 38.4 Å². The second-order valence-electron chi connectivity index (χ2n) is 5.47. The van der Waals surface area contributed by atoms with E-state index in [-0.39, 0.29) is 0 Å².